The number of ether oxygens (including phenoxy) is 2. The van der Waals surface area contributed by atoms with Gasteiger partial charge in [-0.05, 0) is 70.7 Å². The highest BCUT2D eigenvalue weighted by molar-refractivity contribution is 5.87. The summed E-state index contributed by atoms with van der Waals surface area (Å²) < 4.78 is 11.1. The van der Waals surface area contributed by atoms with E-state index in [0.29, 0.717) is 37.4 Å². The molecule has 9 nitrogen and oxygen atoms in total. The van der Waals surface area contributed by atoms with Crippen molar-refractivity contribution in [2.45, 2.75) is 58.9 Å². The number of hydrogen-bond donors (Lipinski definition) is 2. The van der Waals surface area contributed by atoms with Crippen LogP contribution < -0.4 is 20.1 Å². The number of fused-ring (bicyclic) bond motifs is 2. The SMILES string of the molecule is COc1ccc2cc1OCC(=O)N[C@@H](C)C(=O)N(C)CCCCN(CC=C(C)C)CCCNC(=O)CC2. The van der Waals surface area contributed by atoms with Gasteiger partial charge < -0.3 is 25.0 Å². The molecule has 2 bridgehead atoms. The quantitative estimate of drug-likeness (QED) is 0.599. The van der Waals surface area contributed by atoms with Crippen LogP contribution in [0.2, 0.25) is 0 Å². The van der Waals surface area contributed by atoms with Gasteiger partial charge in [0.15, 0.2) is 18.1 Å². The summed E-state index contributed by atoms with van der Waals surface area (Å²) >= 11 is 0. The monoisotopic (exact) mass is 516 g/mol. The third-order valence-corrected chi connectivity index (χ3v) is 6.30. The molecule has 1 aromatic carbocycles. The summed E-state index contributed by atoms with van der Waals surface area (Å²) in [4.78, 5) is 41.7. The summed E-state index contributed by atoms with van der Waals surface area (Å²) in [7, 11) is 3.29. The van der Waals surface area contributed by atoms with Crippen LogP contribution in [0.15, 0.2) is 29.8 Å². The molecule has 3 amide bonds. The van der Waals surface area contributed by atoms with E-state index in [-0.39, 0.29) is 18.4 Å². The third kappa shape index (κ3) is 11.2. The lowest BCUT2D eigenvalue weighted by Gasteiger charge is -2.24. The van der Waals surface area contributed by atoms with Crippen molar-refractivity contribution in [2.24, 2.45) is 0 Å². The maximum atomic E-state index is 12.7. The van der Waals surface area contributed by atoms with Crippen molar-refractivity contribution < 1.29 is 23.9 Å². The first kappa shape index (κ1) is 30.2. The fourth-order valence-electron chi connectivity index (χ4n) is 4.09. The second kappa shape index (κ2) is 15.9. The first-order valence-electron chi connectivity index (χ1n) is 13.2. The molecule has 0 aliphatic carbocycles. The van der Waals surface area contributed by atoms with Gasteiger partial charge in [-0.1, -0.05) is 17.7 Å². The van der Waals surface area contributed by atoms with Crippen LogP contribution in [0.3, 0.4) is 0 Å². The highest BCUT2D eigenvalue weighted by Gasteiger charge is 2.20. The van der Waals surface area contributed by atoms with Crippen molar-refractivity contribution in [3.05, 3.63) is 35.4 Å². The van der Waals surface area contributed by atoms with Gasteiger partial charge in [-0.2, -0.15) is 0 Å². The lowest BCUT2D eigenvalue weighted by atomic mass is 10.1. The van der Waals surface area contributed by atoms with Gasteiger partial charge in [-0.25, -0.2) is 0 Å². The van der Waals surface area contributed by atoms with Crippen LogP contribution >= 0.6 is 0 Å². The molecule has 37 heavy (non-hydrogen) atoms. The zero-order valence-corrected chi connectivity index (χ0v) is 23.1. The minimum atomic E-state index is -0.653. The molecule has 0 unspecified atom stereocenters. The van der Waals surface area contributed by atoms with Gasteiger partial charge >= 0.3 is 0 Å². The highest BCUT2D eigenvalue weighted by Crippen LogP contribution is 2.28. The summed E-state index contributed by atoms with van der Waals surface area (Å²) in [5.74, 6) is 0.407. The second-order valence-corrected chi connectivity index (χ2v) is 9.82. The van der Waals surface area contributed by atoms with Crippen molar-refractivity contribution in [3.8, 4) is 11.5 Å². The molecule has 0 fully saturated rings. The number of carbonyl (C=O) groups excluding carboxylic acids is 3. The van der Waals surface area contributed by atoms with Crippen LogP contribution in [-0.4, -0.2) is 87.1 Å². The van der Waals surface area contributed by atoms with Crippen LogP contribution in [0.5, 0.6) is 11.5 Å². The van der Waals surface area contributed by atoms with Crippen LogP contribution in [0.1, 0.15) is 52.0 Å². The molecule has 1 aliphatic heterocycles. The standard InChI is InChI=1S/C28H44N4O5/c1-21(2)13-18-32-16-7-6-15-31(4)28(35)22(3)30-27(34)20-37-25-19-23(9-11-24(25)36-5)10-12-26(33)29-14-8-17-32/h9,11,13,19,22H,6-8,10,12,14-18,20H2,1-5H3,(H,29,33)(H,30,34)/t22-/m0/s1. The van der Waals surface area contributed by atoms with Gasteiger partial charge in [-0.15, -0.1) is 0 Å². The van der Waals surface area contributed by atoms with Gasteiger partial charge in [0.2, 0.25) is 11.8 Å². The largest absolute Gasteiger partial charge is 0.493 e. The molecule has 0 aromatic heterocycles. The molecule has 1 atom stereocenters. The molecule has 1 aromatic rings. The van der Waals surface area contributed by atoms with E-state index >= 15 is 0 Å². The molecule has 1 aliphatic rings. The predicted octanol–water partition coefficient (Wildman–Crippen LogP) is 2.54. The molecule has 0 radical (unpaired) electrons. The summed E-state index contributed by atoms with van der Waals surface area (Å²) in [5.41, 5.74) is 2.19. The van der Waals surface area contributed by atoms with Crippen molar-refractivity contribution >= 4 is 17.7 Å². The van der Waals surface area contributed by atoms with E-state index in [2.05, 4.69) is 35.5 Å². The average Bonchev–Trinajstić information content (AvgIpc) is 2.87. The van der Waals surface area contributed by atoms with Gasteiger partial charge in [-0.3, -0.25) is 19.3 Å². The summed E-state index contributed by atoms with van der Waals surface area (Å²) in [6.45, 7) is 9.55. The number of nitrogens with zero attached hydrogens (tertiary/aromatic N) is 2. The van der Waals surface area contributed by atoms with Crippen molar-refractivity contribution in [1.29, 1.82) is 0 Å². The van der Waals surface area contributed by atoms with Gasteiger partial charge in [0.05, 0.1) is 7.11 Å². The molecule has 9 heteroatoms. The van der Waals surface area contributed by atoms with Crippen LogP contribution in [-0.2, 0) is 20.8 Å². The molecule has 1 heterocycles. The van der Waals surface area contributed by atoms with E-state index in [0.717, 1.165) is 44.5 Å². The zero-order chi connectivity index (χ0) is 27.2. The summed E-state index contributed by atoms with van der Waals surface area (Å²) in [6.07, 6.45) is 5.82. The number of rotatable bonds is 3. The van der Waals surface area contributed by atoms with E-state index in [9.17, 15) is 14.4 Å². The Morgan fingerprint density at radius 2 is 1.81 bits per heavy atom. The van der Waals surface area contributed by atoms with Gasteiger partial charge in [0.1, 0.15) is 6.04 Å². The number of carbonyl (C=O) groups is 3. The number of nitrogens with one attached hydrogen (secondary N) is 2. The van der Waals surface area contributed by atoms with E-state index in [1.165, 1.54) is 12.7 Å². The van der Waals surface area contributed by atoms with Crippen LogP contribution in [0, 0.1) is 0 Å². The van der Waals surface area contributed by atoms with E-state index < -0.39 is 11.9 Å². The number of likely N-dealkylation sites (N-methyl/N-ethyl adjacent to an activating group) is 1. The van der Waals surface area contributed by atoms with Crippen molar-refractivity contribution in [3.63, 3.8) is 0 Å². The molecule has 206 valence electrons. The van der Waals surface area contributed by atoms with Crippen molar-refractivity contribution in [2.75, 3.05) is 53.5 Å². The number of benzene rings is 1. The topological polar surface area (TPSA) is 100 Å². The minimum Gasteiger partial charge on any atom is -0.493 e. The zero-order valence-electron chi connectivity index (χ0n) is 23.1. The number of methoxy groups -OCH3 is 1. The Balaban J connectivity index is 2.10. The minimum absolute atomic E-state index is 0.0114. The number of allylic oxidation sites excluding steroid dienone is 1. The van der Waals surface area contributed by atoms with E-state index in [1.54, 1.807) is 31.0 Å². The summed E-state index contributed by atoms with van der Waals surface area (Å²) in [6, 6.07) is 4.78. The number of amides is 3. The Hall–Kier alpha value is -3.07. The molecular weight excluding hydrogens is 472 g/mol. The predicted molar refractivity (Wildman–Crippen MR) is 145 cm³/mol. The molecule has 0 saturated heterocycles. The second-order valence-electron chi connectivity index (χ2n) is 9.82. The van der Waals surface area contributed by atoms with Crippen molar-refractivity contribution in [1.82, 2.24) is 20.4 Å². The Kier molecular flexibility index (Phi) is 13.0. The number of hydrogen-bond acceptors (Lipinski definition) is 6. The maximum absolute atomic E-state index is 12.7. The first-order valence-corrected chi connectivity index (χ1v) is 13.2. The van der Waals surface area contributed by atoms with Crippen LogP contribution in [0.25, 0.3) is 0 Å². The maximum Gasteiger partial charge on any atom is 0.258 e. The number of aryl methyl sites for hydroxylation is 1. The lowest BCUT2D eigenvalue weighted by molar-refractivity contribution is -0.135. The Morgan fingerprint density at radius 1 is 1.08 bits per heavy atom. The van der Waals surface area contributed by atoms with Gasteiger partial charge in [0.25, 0.3) is 5.91 Å². The van der Waals surface area contributed by atoms with Crippen LogP contribution in [0.4, 0.5) is 0 Å². The summed E-state index contributed by atoms with van der Waals surface area (Å²) in [5, 5.41) is 5.74. The first-order chi connectivity index (χ1) is 17.7. The average molecular weight is 517 g/mol. The molecule has 2 rings (SSSR count). The lowest BCUT2D eigenvalue weighted by Crippen LogP contribution is -2.47. The third-order valence-electron chi connectivity index (χ3n) is 6.30. The normalized spacial score (nSPS) is 20.0. The Labute approximate surface area is 221 Å². The Bertz CT molecular complexity index is 929. The van der Waals surface area contributed by atoms with Gasteiger partial charge in [0, 0.05) is 39.6 Å². The van der Waals surface area contributed by atoms with E-state index in [4.69, 9.17) is 9.47 Å². The molecule has 0 spiro atoms. The Morgan fingerprint density at radius 3 is 2.54 bits per heavy atom. The fraction of sp³-hybridized carbons (Fsp3) is 0.607. The van der Waals surface area contributed by atoms with E-state index in [1.807, 2.05) is 6.07 Å². The molecular formula is C28H44N4O5. The fourth-order valence-corrected chi connectivity index (χ4v) is 4.09. The highest BCUT2D eigenvalue weighted by atomic mass is 16.5. The molecule has 2 N–H and O–H groups in total. The smallest absolute Gasteiger partial charge is 0.258 e. The molecule has 0 saturated carbocycles.